The largest absolute Gasteiger partial charge is 0.349 e. The third-order valence-electron chi connectivity index (χ3n) is 7.39. The van der Waals surface area contributed by atoms with Gasteiger partial charge in [0, 0.05) is 25.0 Å². The van der Waals surface area contributed by atoms with E-state index in [-0.39, 0.29) is 28.2 Å². The van der Waals surface area contributed by atoms with Crippen molar-refractivity contribution in [3.05, 3.63) is 80.6 Å². The minimum absolute atomic E-state index is 0.124. The van der Waals surface area contributed by atoms with E-state index in [1.165, 1.54) is 6.07 Å². The molecule has 0 aliphatic heterocycles. The molecule has 0 bridgehead atoms. The molecule has 40 heavy (non-hydrogen) atoms. The number of carbonyl (C=O) groups excluding carboxylic acids is 1. The lowest BCUT2D eigenvalue weighted by molar-refractivity contribution is 0.0904. The van der Waals surface area contributed by atoms with Crippen molar-refractivity contribution < 1.29 is 13.6 Å². The Balaban J connectivity index is 1.19. The third-order valence-corrected chi connectivity index (χ3v) is 8.54. The van der Waals surface area contributed by atoms with Gasteiger partial charge in [-0.25, -0.2) is 28.1 Å². The summed E-state index contributed by atoms with van der Waals surface area (Å²) in [6.07, 6.45) is 2.78. The Morgan fingerprint density at radius 1 is 1.18 bits per heavy atom. The van der Waals surface area contributed by atoms with Gasteiger partial charge in [-0.2, -0.15) is 0 Å². The predicted octanol–water partition coefficient (Wildman–Crippen LogP) is 6.08. The van der Waals surface area contributed by atoms with Gasteiger partial charge in [0.15, 0.2) is 5.65 Å². The zero-order valence-electron chi connectivity index (χ0n) is 21.5. The number of pyridine rings is 2. The number of nitrogens with one attached hydrogen (secondary N) is 1. The van der Waals surface area contributed by atoms with Crippen molar-refractivity contribution in [2.24, 2.45) is 5.92 Å². The van der Waals surface area contributed by atoms with Gasteiger partial charge in [0.25, 0.3) is 12.3 Å². The van der Waals surface area contributed by atoms with Crippen molar-refractivity contribution in [2.75, 3.05) is 0 Å². The summed E-state index contributed by atoms with van der Waals surface area (Å²) in [6.45, 7) is 2.47. The third kappa shape index (κ3) is 4.99. The number of fused-ring (bicyclic) bond motifs is 2. The molecule has 1 fully saturated rings. The number of imidazole rings is 1. The monoisotopic (exact) mass is 582 g/mol. The number of benzene rings is 1. The quantitative estimate of drug-likeness (QED) is 0.262. The lowest BCUT2D eigenvalue weighted by Gasteiger charge is -2.29. The van der Waals surface area contributed by atoms with E-state index in [0.717, 1.165) is 45.5 Å². The average Bonchev–Trinajstić information content (AvgIpc) is 3.44. The maximum absolute atomic E-state index is 13.7. The zero-order chi connectivity index (χ0) is 28.0. The van der Waals surface area contributed by atoms with Gasteiger partial charge in [-0.3, -0.25) is 14.3 Å². The van der Waals surface area contributed by atoms with Crippen LogP contribution in [0.5, 0.6) is 0 Å². The fourth-order valence-electron chi connectivity index (χ4n) is 5.48. The van der Waals surface area contributed by atoms with Crippen molar-refractivity contribution in [2.45, 2.75) is 51.6 Å². The number of thiazole rings is 1. The highest BCUT2D eigenvalue weighted by molar-refractivity contribution is 7.18. The SMILES string of the molecule is Cc1nc2cc(-n3c(=O)n(C[C@H]4CC[C@H](NC(=O)c5cc(Cl)cnc5C(F)F)CC4)c4cccnc43)ccc2s1. The van der Waals surface area contributed by atoms with Crippen LogP contribution in [0, 0.1) is 12.8 Å². The van der Waals surface area contributed by atoms with Crippen LogP contribution in [-0.4, -0.2) is 36.0 Å². The van der Waals surface area contributed by atoms with Gasteiger partial charge < -0.3 is 5.32 Å². The number of nitrogens with zero attached hydrogens (tertiary/aromatic N) is 5. The standard InChI is InChI=1S/C28H25ClF2N6O2S/c1-15-34-21-12-19(8-9-23(21)40-15)37-26-22(3-2-10-32-26)36(28(37)39)14-16-4-6-18(7-5-16)35-27(38)20-11-17(29)13-33-24(20)25(30)31/h2-3,8-13,16,18,25H,4-7,14H2,1H3,(H,35,38)/t16-,18-. The molecule has 4 heterocycles. The fourth-order valence-corrected chi connectivity index (χ4v) is 6.45. The summed E-state index contributed by atoms with van der Waals surface area (Å²) in [6, 6.07) is 10.6. The summed E-state index contributed by atoms with van der Waals surface area (Å²) in [5.74, 6) is -0.398. The maximum Gasteiger partial charge on any atom is 0.334 e. The Hall–Kier alpha value is -3.70. The van der Waals surface area contributed by atoms with E-state index in [1.54, 1.807) is 26.7 Å². The van der Waals surface area contributed by atoms with Gasteiger partial charge in [0.1, 0.15) is 5.69 Å². The molecule has 0 atom stereocenters. The second kappa shape index (κ2) is 10.7. The molecule has 0 saturated heterocycles. The van der Waals surface area contributed by atoms with Crippen LogP contribution < -0.4 is 11.0 Å². The highest BCUT2D eigenvalue weighted by Crippen LogP contribution is 2.29. The molecule has 1 aliphatic carbocycles. The predicted molar refractivity (Wildman–Crippen MR) is 151 cm³/mol. The first-order chi connectivity index (χ1) is 19.3. The van der Waals surface area contributed by atoms with Crippen LogP contribution in [-0.2, 0) is 6.54 Å². The summed E-state index contributed by atoms with van der Waals surface area (Å²) in [4.78, 5) is 39.2. The Morgan fingerprint density at radius 2 is 1.98 bits per heavy atom. The molecular formula is C28H25ClF2N6O2S. The minimum Gasteiger partial charge on any atom is -0.349 e. The molecule has 1 N–H and O–H groups in total. The smallest absolute Gasteiger partial charge is 0.334 e. The van der Waals surface area contributed by atoms with Crippen LogP contribution in [0.2, 0.25) is 5.02 Å². The van der Waals surface area contributed by atoms with Gasteiger partial charge in [-0.05, 0) is 74.9 Å². The Bertz CT molecular complexity index is 1790. The molecule has 6 rings (SSSR count). The van der Waals surface area contributed by atoms with Crippen molar-refractivity contribution >= 4 is 50.2 Å². The molecular weight excluding hydrogens is 558 g/mol. The van der Waals surface area contributed by atoms with Crippen molar-refractivity contribution in [1.29, 1.82) is 0 Å². The molecule has 0 unspecified atom stereocenters. The van der Waals surface area contributed by atoms with E-state index in [2.05, 4.69) is 20.3 Å². The number of aryl methyl sites for hydroxylation is 1. The molecule has 1 aromatic carbocycles. The van der Waals surface area contributed by atoms with Gasteiger partial charge in [-0.1, -0.05) is 11.6 Å². The average molecular weight is 583 g/mol. The minimum atomic E-state index is -2.88. The van der Waals surface area contributed by atoms with E-state index in [4.69, 9.17) is 11.6 Å². The number of alkyl halides is 2. The number of hydrogen-bond donors (Lipinski definition) is 1. The second-order valence-electron chi connectivity index (χ2n) is 10.0. The van der Waals surface area contributed by atoms with Crippen LogP contribution in [0.15, 0.2) is 53.6 Å². The Kier molecular flexibility index (Phi) is 7.09. The van der Waals surface area contributed by atoms with E-state index >= 15 is 0 Å². The Labute approximate surface area is 236 Å². The zero-order valence-corrected chi connectivity index (χ0v) is 23.1. The molecule has 4 aromatic heterocycles. The molecule has 5 aromatic rings. The van der Waals surface area contributed by atoms with E-state index in [1.807, 2.05) is 37.3 Å². The summed E-state index contributed by atoms with van der Waals surface area (Å²) in [5.41, 5.74) is 1.96. The van der Waals surface area contributed by atoms with E-state index in [9.17, 15) is 18.4 Å². The first-order valence-corrected chi connectivity index (χ1v) is 14.2. The maximum atomic E-state index is 13.7. The van der Waals surface area contributed by atoms with Crippen LogP contribution >= 0.6 is 22.9 Å². The van der Waals surface area contributed by atoms with Crippen LogP contribution in [0.1, 0.15) is 53.2 Å². The lowest BCUT2D eigenvalue weighted by atomic mass is 9.85. The molecule has 0 spiro atoms. The van der Waals surface area contributed by atoms with Gasteiger partial charge in [-0.15, -0.1) is 11.3 Å². The molecule has 1 saturated carbocycles. The topological polar surface area (TPSA) is 94.7 Å². The highest BCUT2D eigenvalue weighted by atomic mass is 35.5. The lowest BCUT2D eigenvalue weighted by Crippen LogP contribution is -2.39. The van der Waals surface area contributed by atoms with Gasteiger partial charge in [0.2, 0.25) is 0 Å². The van der Waals surface area contributed by atoms with Crippen LogP contribution in [0.25, 0.3) is 27.1 Å². The fraction of sp³-hybridized carbons (Fsp3) is 0.321. The summed E-state index contributed by atoms with van der Waals surface area (Å²) >= 11 is 7.51. The number of amides is 1. The summed E-state index contributed by atoms with van der Waals surface area (Å²) in [7, 11) is 0. The first-order valence-electron chi connectivity index (χ1n) is 13.0. The van der Waals surface area contributed by atoms with Crippen molar-refractivity contribution in [3.8, 4) is 5.69 Å². The van der Waals surface area contributed by atoms with Gasteiger partial charge >= 0.3 is 5.69 Å². The highest BCUT2D eigenvalue weighted by Gasteiger charge is 2.27. The van der Waals surface area contributed by atoms with E-state index in [0.29, 0.717) is 25.0 Å². The molecule has 1 amide bonds. The normalized spacial score (nSPS) is 17.6. The summed E-state index contributed by atoms with van der Waals surface area (Å²) in [5, 5.41) is 3.95. The van der Waals surface area contributed by atoms with Crippen molar-refractivity contribution in [3.63, 3.8) is 0 Å². The first kappa shape index (κ1) is 26.5. The molecule has 0 radical (unpaired) electrons. The number of hydrogen-bond acceptors (Lipinski definition) is 6. The Morgan fingerprint density at radius 3 is 2.75 bits per heavy atom. The molecule has 12 heteroatoms. The molecule has 1 aliphatic rings. The van der Waals surface area contributed by atoms with Crippen LogP contribution in [0.4, 0.5) is 8.78 Å². The number of carbonyl (C=O) groups is 1. The number of rotatable bonds is 6. The molecule has 8 nitrogen and oxygen atoms in total. The van der Waals surface area contributed by atoms with Gasteiger partial charge in [0.05, 0.1) is 37.0 Å². The number of halogens is 3. The summed E-state index contributed by atoms with van der Waals surface area (Å²) < 4.78 is 31.2. The molecule has 206 valence electrons. The second-order valence-corrected chi connectivity index (χ2v) is 11.7. The van der Waals surface area contributed by atoms with Crippen LogP contribution in [0.3, 0.4) is 0 Å². The van der Waals surface area contributed by atoms with Crippen molar-refractivity contribution in [1.82, 2.24) is 29.4 Å². The van der Waals surface area contributed by atoms with E-state index < -0.39 is 18.0 Å². The number of aromatic nitrogens is 5.